The summed E-state index contributed by atoms with van der Waals surface area (Å²) in [6, 6.07) is 6.33. The second kappa shape index (κ2) is 5.66. The van der Waals surface area contributed by atoms with Crippen molar-refractivity contribution in [2.45, 2.75) is 36.5 Å². The Morgan fingerprint density at radius 1 is 1.35 bits per heavy atom. The zero-order valence-electron chi connectivity index (χ0n) is 11.2. The van der Waals surface area contributed by atoms with Gasteiger partial charge in [-0.15, -0.1) is 11.8 Å². The zero-order chi connectivity index (χ0) is 14.9. The van der Waals surface area contributed by atoms with Crippen LogP contribution in [0.1, 0.15) is 30.6 Å². The molecule has 1 unspecified atom stereocenters. The smallest absolute Gasteiger partial charge is 0.336 e. The van der Waals surface area contributed by atoms with Crippen molar-refractivity contribution in [3.05, 3.63) is 29.8 Å². The molecule has 1 heterocycles. The molecule has 0 aromatic heterocycles. The van der Waals surface area contributed by atoms with Crippen LogP contribution in [0.3, 0.4) is 0 Å². The van der Waals surface area contributed by atoms with Crippen LogP contribution in [0.15, 0.2) is 29.2 Å². The maximum Gasteiger partial charge on any atom is 0.336 e. The highest BCUT2D eigenvalue weighted by atomic mass is 32.2. The van der Waals surface area contributed by atoms with Crippen molar-refractivity contribution in [3.63, 3.8) is 0 Å². The number of likely N-dealkylation sites (tertiary alicyclic amines) is 1. The van der Waals surface area contributed by atoms with E-state index in [1.807, 2.05) is 0 Å². The molecule has 0 bridgehead atoms. The molecule has 2 rings (SSSR count). The van der Waals surface area contributed by atoms with Gasteiger partial charge in [-0.25, -0.2) is 4.79 Å². The van der Waals surface area contributed by atoms with Gasteiger partial charge in [0.2, 0.25) is 11.8 Å². The molecule has 0 saturated carbocycles. The van der Waals surface area contributed by atoms with Crippen LogP contribution in [0.25, 0.3) is 0 Å². The van der Waals surface area contributed by atoms with Crippen LogP contribution in [0, 0.1) is 0 Å². The highest BCUT2D eigenvalue weighted by Crippen LogP contribution is 2.34. The van der Waals surface area contributed by atoms with E-state index in [0.29, 0.717) is 4.90 Å². The lowest BCUT2D eigenvalue weighted by Gasteiger charge is -2.18. The normalized spacial score (nSPS) is 18.9. The highest BCUT2D eigenvalue weighted by Gasteiger charge is 2.40. The van der Waals surface area contributed by atoms with E-state index >= 15 is 0 Å². The van der Waals surface area contributed by atoms with Gasteiger partial charge in [-0.3, -0.25) is 14.5 Å². The van der Waals surface area contributed by atoms with E-state index in [2.05, 4.69) is 0 Å². The van der Waals surface area contributed by atoms with Gasteiger partial charge in [-0.05, 0) is 26.0 Å². The molecule has 1 aliphatic heterocycles. The molecule has 1 aliphatic rings. The van der Waals surface area contributed by atoms with Crippen LogP contribution >= 0.6 is 11.8 Å². The van der Waals surface area contributed by atoms with Crippen molar-refractivity contribution in [2.75, 3.05) is 0 Å². The minimum Gasteiger partial charge on any atom is -0.478 e. The fraction of sp³-hybridized carbons (Fsp3) is 0.357. The third-order valence-corrected chi connectivity index (χ3v) is 4.31. The fourth-order valence-electron chi connectivity index (χ4n) is 2.16. The summed E-state index contributed by atoms with van der Waals surface area (Å²) < 4.78 is 0. The lowest BCUT2D eigenvalue weighted by molar-refractivity contribution is -0.140. The van der Waals surface area contributed by atoms with Crippen molar-refractivity contribution >= 4 is 29.5 Å². The molecular formula is C14H15NO4S. The van der Waals surface area contributed by atoms with E-state index in [4.69, 9.17) is 5.11 Å². The first-order chi connectivity index (χ1) is 9.41. The molecule has 5 nitrogen and oxygen atoms in total. The number of hydrogen-bond donors (Lipinski definition) is 1. The van der Waals surface area contributed by atoms with Crippen LogP contribution in [0.5, 0.6) is 0 Å². The number of benzene rings is 1. The summed E-state index contributed by atoms with van der Waals surface area (Å²) in [5, 5.41) is 8.59. The largest absolute Gasteiger partial charge is 0.478 e. The topological polar surface area (TPSA) is 74.7 Å². The Morgan fingerprint density at radius 3 is 2.55 bits per heavy atom. The number of hydrogen-bond acceptors (Lipinski definition) is 4. The van der Waals surface area contributed by atoms with E-state index < -0.39 is 11.2 Å². The van der Waals surface area contributed by atoms with Gasteiger partial charge < -0.3 is 5.11 Å². The molecule has 0 aliphatic carbocycles. The number of carboxylic acid groups (broad SMARTS) is 1. The summed E-state index contributed by atoms with van der Waals surface area (Å²) in [7, 11) is 0. The first-order valence-electron chi connectivity index (χ1n) is 6.26. The van der Waals surface area contributed by atoms with E-state index in [-0.39, 0.29) is 29.8 Å². The van der Waals surface area contributed by atoms with Crippen LogP contribution in [0.4, 0.5) is 0 Å². The quantitative estimate of drug-likeness (QED) is 0.860. The molecule has 106 valence electrons. The third kappa shape index (κ3) is 2.70. The molecular weight excluding hydrogens is 278 g/mol. The summed E-state index contributed by atoms with van der Waals surface area (Å²) in [4.78, 5) is 36.9. The molecule has 6 heteroatoms. The number of carbonyl (C=O) groups is 3. The Labute approximate surface area is 121 Å². The number of amides is 2. The zero-order valence-corrected chi connectivity index (χ0v) is 12.0. The van der Waals surface area contributed by atoms with Crippen LogP contribution < -0.4 is 0 Å². The predicted octanol–water partition coefficient (Wildman–Crippen LogP) is 2.01. The van der Waals surface area contributed by atoms with Gasteiger partial charge in [0.1, 0.15) is 0 Å². The van der Waals surface area contributed by atoms with Gasteiger partial charge in [0.25, 0.3) is 0 Å². The van der Waals surface area contributed by atoms with Gasteiger partial charge in [-0.1, -0.05) is 12.1 Å². The molecule has 2 amide bonds. The van der Waals surface area contributed by atoms with Crippen LogP contribution in [-0.2, 0) is 9.59 Å². The Kier molecular flexibility index (Phi) is 4.13. The van der Waals surface area contributed by atoms with Crippen molar-refractivity contribution in [2.24, 2.45) is 0 Å². The summed E-state index contributed by atoms with van der Waals surface area (Å²) >= 11 is 1.15. The molecule has 1 atom stereocenters. The number of carbonyl (C=O) groups excluding carboxylic acids is 2. The van der Waals surface area contributed by atoms with E-state index in [9.17, 15) is 14.4 Å². The first-order valence-corrected chi connectivity index (χ1v) is 7.14. The molecule has 0 radical (unpaired) electrons. The van der Waals surface area contributed by atoms with Gasteiger partial charge in [0.05, 0.1) is 10.8 Å². The maximum absolute atomic E-state index is 12.2. The van der Waals surface area contributed by atoms with Gasteiger partial charge in [0.15, 0.2) is 0 Å². The standard InChI is InChI=1S/C14H15NO4S/c1-8(2)15-12(16)7-11(13(15)17)20-10-6-4-3-5-9(10)14(18)19/h3-6,8,11H,7H2,1-2H3,(H,18,19). The van der Waals surface area contributed by atoms with Gasteiger partial charge in [0, 0.05) is 17.4 Å². The predicted molar refractivity (Wildman–Crippen MR) is 74.7 cm³/mol. The first kappa shape index (κ1) is 14.6. The molecule has 1 fully saturated rings. The minimum absolute atomic E-state index is 0.121. The number of carboxylic acids is 1. The average Bonchev–Trinajstić information content (AvgIpc) is 2.64. The maximum atomic E-state index is 12.2. The molecule has 1 aromatic rings. The molecule has 1 N–H and O–H groups in total. The average molecular weight is 293 g/mol. The summed E-state index contributed by atoms with van der Waals surface area (Å²) in [5.41, 5.74) is 0.153. The van der Waals surface area contributed by atoms with E-state index in [1.54, 1.807) is 32.0 Å². The van der Waals surface area contributed by atoms with Crippen molar-refractivity contribution in [3.8, 4) is 0 Å². The number of thioether (sulfide) groups is 1. The van der Waals surface area contributed by atoms with Gasteiger partial charge >= 0.3 is 5.97 Å². The Hall–Kier alpha value is -1.82. The molecule has 1 aromatic carbocycles. The van der Waals surface area contributed by atoms with E-state index in [1.165, 1.54) is 11.0 Å². The SMILES string of the molecule is CC(C)N1C(=O)CC(Sc2ccccc2C(=O)O)C1=O. The summed E-state index contributed by atoms with van der Waals surface area (Å²) in [6.45, 7) is 3.57. The Bertz CT molecular complexity index is 570. The van der Waals surface area contributed by atoms with Crippen LogP contribution in [-0.4, -0.2) is 39.1 Å². The third-order valence-electron chi connectivity index (χ3n) is 3.04. The molecule has 20 heavy (non-hydrogen) atoms. The van der Waals surface area contributed by atoms with Crippen LogP contribution in [0.2, 0.25) is 0 Å². The number of rotatable bonds is 4. The minimum atomic E-state index is -1.04. The monoisotopic (exact) mass is 293 g/mol. The van der Waals surface area contributed by atoms with E-state index in [0.717, 1.165) is 11.8 Å². The van der Waals surface area contributed by atoms with Crippen molar-refractivity contribution < 1.29 is 19.5 Å². The van der Waals surface area contributed by atoms with Crippen molar-refractivity contribution in [1.29, 1.82) is 0 Å². The fourth-order valence-corrected chi connectivity index (χ4v) is 3.34. The Morgan fingerprint density at radius 2 is 2.00 bits per heavy atom. The lowest BCUT2D eigenvalue weighted by Crippen LogP contribution is -2.37. The summed E-state index contributed by atoms with van der Waals surface area (Å²) in [5.74, 6) is -1.48. The van der Waals surface area contributed by atoms with Gasteiger partial charge in [-0.2, -0.15) is 0 Å². The number of nitrogens with zero attached hydrogens (tertiary/aromatic N) is 1. The second-order valence-electron chi connectivity index (χ2n) is 4.81. The van der Waals surface area contributed by atoms with Crippen molar-refractivity contribution in [1.82, 2.24) is 4.90 Å². The Balaban J connectivity index is 2.22. The second-order valence-corrected chi connectivity index (χ2v) is 6.05. The summed E-state index contributed by atoms with van der Waals surface area (Å²) in [6.07, 6.45) is 0.121. The molecule has 0 spiro atoms. The number of imide groups is 1. The highest BCUT2D eigenvalue weighted by molar-refractivity contribution is 8.00. The molecule has 1 saturated heterocycles. The lowest BCUT2D eigenvalue weighted by atomic mass is 10.2. The number of aromatic carboxylic acids is 1.